The van der Waals surface area contributed by atoms with Crippen LogP contribution in [0.5, 0.6) is 0 Å². The fourth-order valence-electron chi connectivity index (χ4n) is 1.65. The molecule has 80 valence electrons. The molecule has 0 bridgehead atoms. The normalized spacial score (nSPS) is 12.7. The third-order valence-electron chi connectivity index (χ3n) is 2.31. The summed E-state index contributed by atoms with van der Waals surface area (Å²) in [6, 6.07) is 0. The molecule has 1 aromatic rings. The van der Waals surface area contributed by atoms with Crippen LogP contribution >= 0.6 is 0 Å². The molecule has 0 saturated heterocycles. The first-order valence-electron chi connectivity index (χ1n) is 5.30. The molecule has 0 aromatic carbocycles. The molecule has 0 unspecified atom stereocenters. The average molecular weight is 202 g/mol. The van der Waals surface area contributed by atoms with E-state index in [9.17, 15) is 0 Å². The molecule has 1 rings (SSSR count). The van der Waals surface area contributed by atoms with E-state index in [1.54, 1.807) is 6.33 Å². The van der Waals surface area contributed by atoms with Gasteiger partial charge in [-0.3, -0.25) is 0 Å². The second kappa shape index (κ2) is 5.44. The Morgan fingerprint density at radius 3 is 2.60 bits per heavy atom. The summed E-state index contributed by atoms with van der Waals surface area (Å²) in [7, 11) is 0. The lowest BCUT2D eigenvalue weighted by atomic mass is 9.95. The summed E-state index contributed by atoms with van der Waals surface area (Å²) in [4.78, 5) is 8.37. The SMILES string of the molecule is C/C=C\c1ncncc1/C(=C\C)C(C)C. The first-order chi connectivity index (χ1) is 7.20. The molecule has 0 fully saturated rings. The molecule has 15 heavy (non-hydrogen) atoms. The van der Waals surface area contributed by atoms with E-state index >= 15 is 0 Å². The van der Waals surface area contributed by atoms with Crippen molar-refractivity contribution in [2.24, 2.45) is 5.92 Å². The van der Waals surface area contributed by atoms with Gasteiger partial charge in [0, 0.05) is 11.8 Å². The van der Waals surface area contributed by atoms with Crippen molar-refractivity contribution in [1.82, 2.24) is 9.97 Å². The van der Waals surface area contributed by atoms with Crippen LogP contribution in [0.25, 0.3) is 11.6 Å². The second-order valence-corrected chi connectivity index (χ2v) is 3.72. The summed E-state index contributed by atoms with van der Waals surface area (Å²) in [5, 5.41) is 0. The van der Waals surface area contributed by atoms with Gasteiger partial charge in [0.05, 0.1) is 5.69 Å². The van der Waals surface area contributed by atoms with Crippen molar-refractivity contribution in [2.45, 2.75) is 27.7 Å². The van der Waals surface area contributed by atoms with Crippen LogP contribution in [0.1, 0.15) is 39.0 Å². The van der Waals surface area contributed by atoms with Gasteiger partial charge in [-0.2, -0.15) is 0 Å². The number of rotatable bonds is 3. The first-order valence-corrected chi connectivity index (χ1v) is 5.30. The number of nitrogens with zero attached hydrogens (tertiary/aromatic N) is 2. The molecule has 2 heteroatoms. The van der Waals surface area contributed by atoms with Crippen molar-refractivity contribution in [2.75, 3.05) is 0 Å². The van der Waals surface area contributed by atoms with E-state index in [-0.39, 0.29) is 0 Å². The smallest absolute Gasteiger partial charge is 0.116 e. The summed E-state index contributed by atoms with van der Waals surface area (Å²) in [6.07, 6.45) is 9.63. The fraction of sp³-hybridized carbons (Fsp3) is 0.385. The molecule has 0 aliphatic carbocycles. The van der Waals surface area contributed by atoms with Crippen LogP contribution in [0.3, 0.4) is 0 Å². The van der Waals surface area contributed by atoms with Crippen LogP contribution in [0.4, 0.5) is 0 Å². The van der Waals surface area contributed by atoms with Gasteiger partial charge in [0.15, 0.2) is 0 Å². The molecule has 0 N–H and O–H groups in total. The Hall–Kier alpha value is -1.44. The maximum atomic E-state index is 4.28. The molecule has 0 amide bonds. The van der Waals surface area contributed by atoms with Crippen LogP contribution < -0.4 is 0 Å². The summed E-state index contributed by atoms with van der Waals surface area (Å²) < 4.78 is 0. The van der Waals surface area contributed by atoms with Gasteiger partial charge in [-0.05, 0) is 31.4 Å². The van der Waals surface area contributed by atoms with E-state index in [1.165, 1.54) is 5.57 Å². The largest absolute Gasteiger partial charge is 0.244 e. The second-order valence-electron chi connectivity index (χ2n) is 3.72. The lowest BCUT2D eigenvalue weighted by Gasteiger charge is -2.12. The molecule has 2 nitrogen and oxygen atoms in total. The minimum Gasteiger partial charge on any atom is -0.244 e. The molecule has 0 saturated carbocycles. The van der Waals surface area contributed by atoms with Crippen molar-refractivity contribution in [3.63, 3.8) is 0 Å². The highest BCUT2D eigenvalue weighted by atomic mass is 14.8. The number of hydrogen-bond donors (Lipinski definition) is 0. The van der Waals surface area contributed by atoms with Gasteiger partial charge in [-0.15, -0.1) is 0 Å². The third-order valence-corrected chi connectivity index (χ3v) is 2.31. The zero-order chi connectivity index (χ0) is 11.3. The van der Waals surface area contributed by atoms with E-state index in [2.05, 4.69) is 36.8 Å². The standard InChI is InChI=1S/C13H18N2/c1-5-7-13-12(8-14-9-15-13)11(6-2)10(3)4/h5-10H,1-4H3/b7-5-,11-6-. The molecule has 0 radical (unpaired) electrons. The highest BCUT2D eigenvalue weighted by molar-refractivity contribution is 5.72. The van der Waals surface area contributed by atoms with Gasteiger partial charge in [0.1, 0.15) is 6.33 Å². The zero-order valence-corrected chi connectivity index (χ0v) is 9.86. The lowest BCUT2D eigenvalue weighted by Crippen LogP contribution is -1.99. The van der Waals surface area contributed by atoms with E-state index in [1.807, 2.05) is 25.3 Å². The Balaban J connectivity index is 3.23. The Labute approximate surface area is 91.8 Å². The van der Waals surface area contributed by atoms with E-state index < -0.39 is 0 Å². The summed E-state index contributed by atoms with van der Waals surface area (Å²) in [5.74, 6) is 0.491. The quantitative estimate of drug-likeness (QED) is 0.748. The van der Waals surface area contributed by atoms with Crippen LogP contribution in [0.15, 0.2) is 24.7 Å². The summed E-state index contributed by atoms with van der Waals surface area (Å²) >= 11 is 0. The van der Waals surface area contributed by atoms with Crippen LogP contribution in [0, 0.1) is 5.92 Å². The monoisotopic (exact) mass is 202 g/mol. The van der Waals surface area contributed by atoms with Crippen molar-refractivity contribution >= 4 is 11.6 Å². The first kappa shape index (κ1) is 11.6. The lowest BCUT2D eigenvalue weighted by molar-refractivity contribution is 0.850. The van der Waals surface area contributed by atoms with Crippen molar-refractivity contribution in [1.29, 1.82) is 0 Å². The van der Waals surface area contributed by atoms with Gasteiger partial charge in [-0.1, -0.05) is 26.0 Å². The van der Waals surface area contributed by atoms with Gasteiger partial charge in [0.25, 0.3) is 0 Å². The highest BCUT2D eigenvalue weighted by Crippen LogP contribution is 2.24. The van der Waals surface area contributed by atoms with Crippen LogP contribution in [-0.2, 0) is 0 Å². The van der Waals surface area contributed by atoms with Crippen molar-refractivity contribution in [3.05, 3.63) is 35.9 Å². The van der Waals surface area contributed by atoms with E-state index in [0.29, 0.717) is 5.92 Å². The van der Waals surface area contributed by atoms with Gasteiger partial charge >= 0.3 is 0 Å². The number of hydrogen-bond acceptors (Lipinski definition) is 2. The Kier molecular flexibility index (Phi) is 4.22. The minimum absolute atomic E-state index is 0.491. The van der Waals surface area contributed by atoms with Crippen molar-refractivity contribution < 1.29 is 0 Å². The molecule has 0 aliphatic heterocycles. The van der Waals surface area contributed by atoms with Crippen LogP contribution in [-0.4, -0.2) is 9.97 Å². The molecular weight excluding hydrogens is 184 g/mol. The third kappa shape index (κ3) is 2.75. The van der Waals surface area contributed by atoms with Gasteiger partial charge < -0.3 is 0 Å². The number of allylic oxidation sites excluding steroid dienone is 3. The Morgan fingerprint density at radius 2 is 2.07 bits per heavy atom. The maximum absolute atomic E-state index is 4.28. The van der Waals surface area contributed by atoms with E-state index in [4.69, 9.17) is 0 Å². The maximum Gasteiger partial charge on any atom is 0.116 e. The zero-order valence-electron chi connectivity index (χ0n) is 9.86. The van der Waals surface area contributed by atoms with Gasteiger partial charge in [0.2, 0.25) is 0 Å². The van der Waals surface area contributed by atoms with E-state index in [0.717, 1.165) is 11.3 Å². The van der Waals surface area contributed by atoms with Crippen LogP contribution in [0.2, 0.25) is 0 Å². The summed E-state index contributed by atoms with van der Waals surface area (Å²) in [6.45, 7) is 8.42. The summed E-state index contributed by atoms with van der Waals surface area (Å²) in [5.41, 5.74) is 3.42. The topological polar surface area (TPSA) is 25.8 Å². The van der Waals surface area contributed by atoms with Gasteiger partial charge in [-0.25, -0.2) is 9.97 Å². The predicted octanol–water partition coefficient (Wildman–Crippen LogP) is 3.57. The molecule has 1 heterocycles. The fourth-order valence-corrected chi connectivity index (χ4v) is 1.65. The Morgan fingerprint density at radius 1 is 1.33 bits per heavy atom. The Bertz CT molecular complexity index is 376. The van der Waals surface area contributed by atoms with Crippen molar-refractivity contribution in [3.8, 4) is 0 Å². The molecule has 1 aromatic heterocycles. The highest BCUT2D eigenvalue weighted by Gasteiger charge is 2.09. The average Bonchev–Trinajstić information content (AvgIpc) is 2.21. The molecule has 0 aliphatic rings. The minimum atomic E-state index is 0.491. The predicted molar refractivity (Wildman–Crippen MR) is 65.2 cm³/mol. The molecular formula is C13H18N2. The molecule has 0 spiro atoms. The molecule has 0 atom stereocenters. The number of aromatic nitrogens is 2.